The Morgan fingerprint density at radius 1 is 1.24 bits per heavy atom. The molecule has 3 heterocycles. The van der Waals surface area contributed by atoms with Crippen molar-refractivity contribution in [2.75, 3.05) is 20.1 Å². The lowest BCUT2D eigenvalue weighted by molar-refractivity contribution is -0.133. The summed E-state index contributed by atoms with van der Waals surface area (Å²) in [4.78, 5) is 21.7. The number of benzene rings is 1. The second-order valence-electron chi connectivity index (χ2n) is 7.15. The van der Waals surface area contributed by atoms with Crippen molar-refractivity contribution < 1.29 is 9.21 Å². The summed E-state index contributed by atoms with van der Waals surface area (Å²) in [6.45, 7) is 2.40. The lowest BCUT2D eigenvalue weighted by Crippen LogP contribution is -2.43. The highest BCUT2D eigenvalue weighted by Crippen LogP contribution is 2.27. The van der Waals surface area contributed by atoms with Gasteiger partial charge < -0.3 is 14.2 Å². The molecule has 1 unspecified atom stereocenters. The molecule has 1 amide bonds. The lowest BCUT2D eigenvalue weighted by Gasteiger charge is -2.34. The van der Waals surface area contributed by atoms with Gasteiger partial charge in [0.1, 0.15) is 11.5 Å². The molecule has 5 heteroatoms. The quantitative estimate of drug-likeness (QED) is 0.862. The number of rotatable bonds is 3. The highest BCUT2D eigenvalue weighted by Gasteiger charge is 2.29. The summed E-state index contributed by atoms with van der Waals surface area (Å²) in [6.07, 6.45) is 4.98. The third-order valence-corrected chi connectivity index (χ3v) is 5.43. The van der Waals surface area contributed by atoms with Gasteiger partial charge in [-0.05, 0) is 38.6 Å². The molecule has 2 aliphatic heterocycles. The average Bonchev–Trinajstić information content (AvgIpc) is 3.07. The Labute approximate surface area is 148 Å². The predicted octanol–water partition coefficient (Wildman–Crippen LogP) is 3.10. The van der Waals surface area contributed by atoms with E-state index < -0.39 is 0 Å². The first-order chi connectivity index (χ1) is 12.2. The van der Waals surface area contributed by atoms with E-state index in [-0.39, 0.29) is 5.91 Å². The fraction of sp³-hybridized carbons (Fsp3) is 0.500. The van der Waals surface area contributed by atoms with E-state index in [2.05, 4.69) is 16.9 Å². The van der Waals surface area contributed by atoms with Crippen LogP contribution < -0.4 is 0 Å². The van der Waals surface area contributed by atoms with E-state index >= 15 is 0 Å². The third kappa shape index (κ3) is 3.47. The minimum atomic E-state index is 0.244. The number of hydrogen-bond acceptors (Lipinski definition) is 4. The van der Waals surface area contributed by atoms with Gasteiger partial charge in [-0.3, -0.25) is 4.79 Å². The predicted molar refractivity (Wildman–Crippen MR) is 95.9 cm³/mol. The Morgan fingerprint density at radius 3 is 2.88 bits per heavy atom. The highest BCUT2D eigenvalue weighted by molar-refractivity contribution is 5.77. The first-order valence-electron chi connectivity index (χ1n) is 9.23. The molecule has 1 saturated heterocycles. The Hall–Kier alpha value is -2.14. The van der Waals surface area contributed by atoms with Crippen molar-refractivity contribution in [3.63, 3.8) is 0 Å². The minimum absolute atomic E-state index is 0.244. The summed E-state index contributed by atoms with van der Waals surface area (Å²) in [6, 6.07) is 10.3. The first kappa shape index (κ1) is 16.3. The fourth-order valence-electron chi connectivity index (χ4n) is 3.85. The van der Waals surface area contributed by atoms with Gasteiger partial charge in [0.15, 0.2) is 0 Å². The molecule has 0 saturated carbocycles. The zero-order valence-electron chi connectivity index (χ0n) is 14.8. The largest absolute Gasteiger partial charge is 0.441 e. The molecule has 1 aromatic carbocycles. The molecule has 132 valence electrons. The number of piperidine rings is 1. The van der Waals surface area contributed by atoms with Gasteiger partial charge in [0, 0.05) is 31.0 Å². The van der Waals surface area contributed by atoms with Crippen LogP contribution in [0.1, 0.15) is 37.1 Å². The minimum Gasteiger partial charge on any atom is -0.441 e. The molecule has 1 fully saturated rings. The molecule has 0 bridgehead atoms. The molecular formula is C20H25N3O2. The van der Waals surface area contributed by atoms with Gasteiger partial charge in [0.2, 0.25) is 11.8 Å². The normalized spacial score (nSPS) is 21.2. The first-order valence-corrected chi connectivity index (χ1v) is 9.23. The van der Waals surface area contributed by atoms with Gasteiger partial charge in [-0.15, -0.1) is 0 Å². The highest BCUT2D eigenvalue weighted by atomic mass is 16.4. The lowest BCUT2D eigenvalue weighted by atomic mass is 9.99. The summed E-state index contributed by atoms with van der Waals surface area (Å²) in [5.74, 6) is 1.83. The molecule has 1 aromatic heterocycles. The molecule has 0 aliphatic carbocycles. The fourth-order valence-corrected chi connectivity index (χ4v) is 3.85. The van der Waals surface area contributed by atoms with E-state index in [1.165, 1.54) is 12.8 Å². The van der Waals surface area contributed by atoms with Crippen molar-refractivity contribution in [2.45, 2.75) is 44.7 Å². The number of aromatic nitrogens is 1. The third-order valence-electron chi connectivity index (χ3n) is 5.43. The van der Waals surface area contributed by atoms with E-state index in [1.54, 1.807) is 0 Å². The van der Waals surface area contributed by atoms with Crippen molar-refractivity contribution >= 4 is 5.91 Å². The Morgan fingerprint density at radius 2 is 2.08 bits per heavy atom. The van der Waals surface area contributed by atoms with Crippen LogP contribution in [-0.2, 0) is 17.8 Å². The average molecular weight is 339 g/mol. The zero-order chi connectivity index (χ0) is 17.2. The van der Waals surface area contributed by atoms with Crippen LogP contribution in [0.25, 0.3) is 11.5 Å². The molecule has 25 heavy (non-hydrogen) atoms. The number of fused-ring (bicyclic) bond motifs is 1. The topological polar surface area (TPSA) is 49.6 Å². The van der Waals surface area contributed by atoms with Gasteiger partial charge in [0.25, 0.3) is 0 Å². The molecule has 0 radical (unpaired) electrons. The van der Waals surface area contributed by atoms with Crippen LogP contribution in [-0.4, -0.2) is 46.9 Å². The Balaban J connectivity index is 1.44. The van der Waals surface area contributed by atoms with Gasteiger partial charge in [-0.1, -0.05) is 24.6 Å². The van der Waals surface area contributed by atoms with Gasteiger partial charge in [-0.2, -0.15) is 0 Å². The van der Waals surface area contributed by atoms with E-state index in [0.29, 0.717) is 24.9 Å². The standard InChI is InChI=1S/C20H25N3O2/c1-22-11-6-5-9-16(22)13-19(24)23-12-10-18-17(14-23)21-20(25-18)15-7-3-2-4-8-15/h2-4,7-8,16H,5-6,9-14H2,1H3. The van der Waals surface area contributed by atoms with E-state index in [1.807, 2.05) is 35.2 Å². The second kappa shape index (κ2) is 7.00. The summed E-state index contributed by atoms with van der Waals surface area (Å²) in [5.41, 5.74) is 1.90. The Kier molecular flexibility index (Phi) is 4.57. The number of amides is 1. The SMILES string of the molecule is CN1CCCCC1CC(=O)N1CCc2oc(-c3ccccc3)nc2C1. The molecule has 4 rings (SSSR count). The van der Waals surface area contributed by atoms with Crippen molar-refractivity contribution in [3.05, 3.63) is 41.8 Å². The van der Waals surface area contributed by atoms with Gasteiger partial charge >= 0.3 is 0 Å². The van der Waals surface area contributed by atoms with Crippen molar-refractivity contribution in [3.8, 4) is 11.5 Å². The molecule has 0 N–H and O–H groups in total. The molecule has 0 spiro atoms. The monoisotopic (exact) mass is 339 g/mol. The van der Waals surface area contributed by atoms with E-state index in [4.69, 9.17) is 4.42 Å². The summed E-state index contributed by atoms with van der Waals surface area (Å²) in [5, 5.41) is 0. The molecule has 5 nitrogen and oxygen atoms in total. The van der Waals surface area contributed by atoms with Crippen molar-refractivity contribution in [1.29, 1.82) is 0 Å². The smallest absolute Gasteiger partial charge is 0.226 e. The summed E-state index contributed by atoms with van der Waals surface area (Å²) < 4.78 is 5.93. The number of nitrogens with zero attached hydrogens (tertiary/aromatic N) is 3. The van der Waals surface area contributed by atoms with Crippen LogP contribution in [0, 0.1) is 0 Å². The van der Waals surface area contributed by atoms with Crippen molar-refractivity contribution in [1.82, 2.24) is 14.8 Å². The van der Waals surface area contributed by atoms with Crippen LogP contribution in [0.2, 0.25) is 0 Å². The molecule has 2 aliphatic rings. The number of oxazole rings is 1. The van der Waals surface area contributed by atoms with Gasteiger partial charge in [0.05, 0.1) is 6.54 Å². The summed E-state index contributed by atoms with van der Waals surface area (Å²) >= 11 is 0. The second-order valence-corrected chi connectivity index (χ2v) is 7.15. The van der Waals surface area contributed by atoms with Crippen LogP contribution in [0.3, 0.4) is 0 Å². The number of carbonyl (C=O) groups excluding carboxylic acids is 1. The number of likely N-dealkylation sites (tertiary alicyclic amines) is 1. The summed E-state index contributed by atoms with van der Waals surface area (Å²) in [7, 11) is 2.13. The van der Waals surface area contributed by atoms with Crippen LogP contribution in [0.15, 0.2) is 34.7 Å². The van der Waals surface area contributed by atoms with Crippen LogP contribution >= 0.6 is 0 Å². The molecule has 2 aromatic rings. The number of hydrogen-bond donors (Lipinski definition) is 0. The number of carbonyl (C=O) groups is 1. The maximum absolute atomic E-state index is 12.7. The van der Waals surface area contributed by atoms with E-state index in [0.717, 1.165) is 42.9 Å². The Bertz CT molecular complexity index is 741. The molecule has 1 atom stereocenters. The van der Waals surface area contributed by atoms with Crippen LogP contribution in [0.4, 0.5) is 0 Å². The molecular weight excluding hydrogens is 314 g/mol. The van der Waals surface area contributed by atoms with Crippen LogP contribution in [0.5, 0.6) is 0 Å². The van der Waals surface area contributed by atoms with E-state index in [9.17, 15) is 4.79 Å². The maximum Gasteiger partial charge on any atom is 0.226 e. The van der Waals surface area contributed by atoms with Crippen molar-refractivity contribution in [2.24, 2.45) is 0 Å². The zero-order valence-corrected chi connectivity index (χ0v) is 14.8. The van der Waals surface area contributed by atoms with Gasteiger partial charge in [-0.25, -0.2) is 4.98 Å². The maximum atomic E-state index is 12.7.